The summed E-state index contributed by atoms with van der Waals surface area (Å²) in [5.74, 6) is 0.0302. The topological polar surface area (TPSA) is 56.8 Å². The average molecular weight is 330 g/mol. The van der Waals surface area contributed by atoms with Crippen molar-refractivity contribution in [3.63, 3.8) is 0 Å². The average Bonchev–Trinajstić information content (AvgIpc) is 2.91. The highest BCUT2D eigenvalue weighted by atomic mass is 16.2. The first-order valence-corrected chi connectivity index (χ1v) is 8.91. The molecule has 0 radical (unpaired) electrons. The number of carbonyl (C=O) groups is 2. The van der Waals surface area contributed by atoms with E-state index in [1.54, 1.807) is 16.7 Å². The summed E-state index contributed by atoms with van der Waals surface area (Å²) in [5, 5.41) is 0. The lowest BCUT2D eigenvalue weighted by Crippen LogP contribution is -2.50. The van der Waals surface area contributed by atoms with Gasteiger partial charge in [-0.25, -0.2) is 4.98 Å². The summed E-state index contributed by atoms with van der Waals surface area (Å²) in [5.41, 5.74) is 1.60. The van der Waals surface area contributed by atoms with Crippen LogP contribution in [0.15, 0.2) is 18.3 Å². The molecule has 24 heavy (non-hydrogen) atoms. The second-order valence-electron chi connectivity index (χ2n) is 6.60. The first kappa shape index (κ1) is 16.7. The van der Waals surface area contributed by atoms with Crippen LogP contribution in [-0.4, -0.2) is 65.9 Å². The molecule has 0 atom stereocenters. The van der Waals surface area contributed by atoms with Crippen molar-refractivity contribution in [3.8, 4) is 0 Å². The van der Waals surface area contributed by atoms with E-state index in [4.69, 9.17) is 0 Å². The molecular formula is C18H26N4O2. The minimum atomic E-state index is -0.0411. The summed E-state index contributed by atoms with van der Waals surface area (Å²) in [6.45, 7) is 6.08. The molecule has 0 unspecified atom stereocenters. The number of hydrogen-bond donors (Lipinski definition) is 0. The van der Waals surface area contributed by atoms with E-state index in [2.05, 4.69) is 9.88 Å². The van der Waals surface area contributed by atoms with E-state index in [0.29, 0.717) is 31.9 Å². The molecule has 3 heterocycles. The number of hydrogen-bond acceptors (Lipinski definition) is 4. The van der Waals surface area contributed by atoms with Gasteiger partial charge in [0.1, 0.15) is 5.69 Å². The van der Waals surface area contributed by atoms with Crippen LogP contribution in [0.5, 0.6) is 0 Å². The van der Waals surface area contributed by atoms with E-state index in [9.17, 15) is 9.59 Å². The Labute approximate surface area is 143 Å². The van der Waals surface area contributed by atoms with E-state index in [0.717, 1.165) is 18.8 Å². The molecule has 0 spiro atoms. The molecule has 130 valence electrons. The van der Waals surface area contributed by atoms with Crippen molar-refractivity contribution in [3.05, 3.63) is 24.0 Å². The fourth-order valence-corrected chi connectivity index (χ4v) is 3.41. The number of nitrogens with zero attached hydrogens (tertiary/aromatic N) is 4. The Morgan fingerprint density at radius 2 is 1.50 bits per heavy atom. The van der Waals surface area contributed by atoms with Gasteiger partial charge in [-0.2, -0.15) is 0 Å². The van der Waals surface area contributed by atoms with Crippen LogP contribution in [0.2, 0.25) is 0 Å². The van der Waals surface area contributed by atoms with Gasteiger partial charge >= 0.3 is 0 Å². The summed E-state index contributed by atoms with van der Waals surface area (Å²) in [6, 6.07) is 3.84. The molecule has 0 bridgehead atoms. The monoisotopic (exact) mass is 330 g/mol. The zero-order valence-electron chi connectivity index (χ0n) is 14.4. The molecule has 3 rings (SSSR count). The lowest BCUT2D eigenvalue weighted by atomic mass is 10.2. The molecule has 1 aromatic heterocycles. The van der Waals surface area contributed by atoms with Gasteiger partial charge in [-0.3, -0.25) is 9.59 Å². The minimum absolute atomic E-state index is 0.0411. The first-order chi connectivity index (χ1) is 11.6. The normalized spacial score (nSPS) is 19.1. The van der Waals surface area contributed by atoms with Crippen LogP contribution in [0.1, 0.15) is 43.1 Å². The largest absolute Gasteiger partial charge is 0.370 e. The van der Waals surface area contributed by atoms with E-state index in [1.807, 2.05) is 18.3 Å². The van der Waals surface area contributed by atoms with Gasteiger partial charge in [-0.05, 0) is 25.0 Å². The molecule has 2 aliphatic rings. The Morgan fingerprint density at radius 1 is 0.875 bits per heavy atom. The molecule has 2 amide bonds. The smallest absolute Gasteiger partial charge is 0.272 e. The summed E-state index contributed by atoms with van der Waals surface area (Å²) in [6.07, 6.45) is 6.87. The van der Waals surface area contributed by atoms with Crippen molar-refractivity contribution >= 4 is 17.5 Å². The molecule has 6 nitrogen and oxygen atoms in total. The molecule has 6 heteroatoms. The van der Waals surface area contributed by atoms with Gasteiger partial charge < -0.3 is 14.7 Å². The van der Waals surface area contributed by atoms with Crippen LogP contribution in [0.4, 0.5) is 5.69 Å². The van der Waals surface area contributed by atoms with Gasteiger partial charge in [0.2, 0.25) is 5.91 Å². The van der Waals surface area contributed by atoms with Gasteiger partial charge in [-0.1, -0.05) is 12.8 Å². The Morgan fingerprint density at radius 3 is 2.04 bits per heavy atom. The summed E-state index contributed by atoms with van der Waals surface area (Å²) in [7, 11) is 0. The number of carbonyl (C=O) groups excluding carboxylic acids is 2. The van der Waals surface area contributed by atoms with Crippen LogP contribution in [-0.2, 0) is 4.79 Å². The third-order valence-corrected chi connectivity index (χ3v) is 4.95. The minimum Gasteiger partial charge on any atom is -0.370 e. The predicted molar refractivity (Wildman–Crippen MR) is 93.1 cm³/mol. The van der Waals surface area contributed by atoms with Gasteiger partial charge in [0.15, 0.2) is 0 Å². The number of piperazine rings is 1. The maximum absolute atomic E-state index is 12.6. The second kappa shape index (κ2) is 7.64. The van der Waals surface area contributed by atoms with Gasteiger partial charge in [-0.15, -0.1) is 0 Å². The summed E-state index contributed by atoms with van der Waals surface area (Å²) in [4.78, 5) is 34.3. The van der Waals surface area contributed by atoms with Crippen LogP contribution in [0, 0.1) is 0 Å². The lowest BCUT2D eigenvalue weighted by molar-refractivity contribution is -0.130. The molecule has 2 fully saturated rings. The van der Waals surface area contributed by atoms with Crippen molar-refractivity contribution < 1.29 is 9.59 Å². The molecule has 0 aliphatic carbocycles. The van der Waals surface area contributed by atoms with Crippen LogP contribution in [0.3, 0.4) is 0 Å². The molecule has 0 saturated carbocycles. The van der Waals surface area contributed by atoms with Crippen molar-refractivity contribution in [1.29, 1.82) is 0 Å². The number of anilines is 1. The summed E-state index contributed by atoms with van der Waals surface area (Å²) < 4.78 is 0. The van der Waals surface area contributed by atoms with Crippen molar-refractivity contribution in [2.24, 2.45) is 0 Å². The highest BCUT2D eigenvalue weighted by Crippen LogP contribution is 2.19. The number of aromatic nitrogens is 1. The van der Waals surface area contributed by atoms with E-state index in [1.165, 1.54) is 25.7 Å². The maximum atomic E-state index is 12.6. The van der Waals surface area contributed by atoms with Crippen LogP contribution in [0.25, 0.3) is 0 Å². The van der Waals surface area contributed by atoms with Crippen molar-refractivity contribution in [1.82, 2.24) is 14.8 Å². The highest BCUT2D eigenvalue weighted by Gasteiger charge is 2.24. The standard InChI is InChI=1S/C18H26N4O2/c1-15(23)20-10-12-22(13-11-20)18(24)17-7-6-16(14-19-17)21-8-4-2-3-5-9-21/h6-7,14H,2-5,8-13H2,1H3. The van der Waals surface area contributed by atoms with Crippen LogP contribution >= 0.6 is 0 Å². The zero-order valence-corrected chi connectivity index (χ0v) is 14.4. The predicted octanol–water partition coefficient (Wildman–Crippen LogP) is 1.77. The number of amides is 2. The van der Waals surface area contributed by atoms with E-state index in [-0.39, 0.29) is 11.8 Å². The SMILES string of the molecule is CC(=O)N1CCN(C(=O)c2ccc(N3CCCCCC3)cn2)CC1. The Hall–Kier alpha value is -2.11. The van der Waals surface area contributed by atoms with E-state index >= 15 is 0 Å². The molecule has 0 N–H and O–H groups in total. The quantitative estimate of drug-likeness (QED) is 0.829. The first-order valence-electron chi connectivity index (χ1n) is 8.91. The maximum Gasteiger partial charge on any atom is 0.272 e. The molecule has 1 aromatic rings. The second-order valence-corrected chi connectivity index (χ2v) is 6.60. The van der Waals surface area contributed by atoms with Gasteiger partial charge in [0.05, 0.1) is 11.9 Å². The number of pyridine rings is 1. The van der Waals surface area contributed by atoms with Crippen molar-refractivity contribution in [2.45, 2.75) is 32.6 Å². The van der Waals surface area contributed by atoms with Crippen LogP contribution < -0.4 is 4.90 Å². The Bertz CT molecular complexity index is 571. The zero-order chi connectivity index (χ0) is 16.9. The Kier molecular flexibility index (Phi) is 5.33. The highest BCUT2D eigenvalue weighted by molar-refractivity contribution is 5.92. The van der Waals surface area contributed by atoms with Crippen molar-refractivity contribution in [2.75, 3.05) is 44.2 Å². The lowest BCUT2D eigenvalue weighted by Gasteiger charge is -2.34. The Balaban J connectivity index is 1.61. The fraction of sp³-hybridized carbons (Fsp3) is 0.611. The third-order valence-electron chi connectivity index (χ3n) is 4.95. The molecular weight excluding hydrogens is 304 g/mol. The van der Waals surface area contributed by atoms with Gasteiger partial charge in [0, 0.05) is 46.2 Å². The molecule has 2 aliphatic heterocycles. The molecule has 2 saturated heterocycles. The van der Waals surface area contributed by atoms with E-state index < -0.39 is 0 Å². The summed E-state index contributed by atoms with van der Waals surface area (Å²) >= 11 is 0. The van der Waals surface area contributed by atoms with Gasteiger partial charge in [0.25, 0.3) is 5.91 Å². The fourth-order valence-electron chi connectivity index (χ4n) is 3.41. The number of rotatable bonds is 2. The molecule has 0 aromatic carbocycles. The third kappa shape index (κ3) is 3.86.